The molecule has 0 aliphatic carbocycles. The van der Waals surface area contributed by atoms with Gasteiger partial charge in [0.2, 0.25) is 0 Å². The Hall–Kier alpha value is -1.44. The fraction of sp³-hybridized carbons (Fsp3) is 0.100. The van der Waals surface area contributed by atoms with Crippen LogP contribution in [0.5, 0.6) is 0 Å². The maximum absolute atomic E-state index is 13.0. The normalized spacial score (nSPS) is 10.5. The Balaban J connectivity index is 3.27. The van der Waals surface area contributed by atoms with Gasteiger partial charge in [0.1, 0.15) is 5.82 Å². The maximum Gasteiger partial charge on any atom is 0.132 e. The monoisotopic (exact) mass is 163 g/mol. The zero-order valence-electron chi connectivity index (χ0n) is 6.92. The van der Waals surface area contributed by atoms with E-state index in [1.54, 1.807) is 25.3 Å². The number of hydrogen-bond acceptors (Lipinski definition) is 1. The molecule has 0 saturated heterocycles. The van der Waals surface area contributed by atoms with E-state index < -0.39 is 0 Å². The van der Waals surface area contributed by atoms with Crippen LogP contribution in [-0.2, 0) is 0 Å². The second-order valence-corrected chi connectivity index (χ2v) is 2.26. The van der Waals surface area contributed by atoms with E-state index in [0.29, 0.717) is 11.3 Å². The summed E-state index contributed by atoms with van der Waals surface area (Å²) in [6.07, 6.45) is 3.10. The lowest BCUT2D eigenvalue weighted by atomic mass is 10.1. The molecule has 0 spiro atoms. The molecule has 1 nitrogen and oxygen atoms in total. The molecule has 0 amide bonds. The number of nitrogens with zero attached hydrogens (tertiary/aromatic N) is 1. The largest absolute Gasteiger partial charge is 0.261 e. The quantitative estimate of drug-likeness (QED) is 0.594. The SMILES string of the molecule is C=Cc1c(F)cccc1/N=C\C. The summed E-state index contributed by atoms with van der Waals surface area (Å²) in [5.41, 5.74) is 1.07. The van der Waals surface area contributed by atoms with E-state index in [0.717, 1.165) is 0 Å². The van der Waals surface area contributed by atoms with E-state index in [9.17, 15) is 4.39 Å². The Bertz CT molecular complexity index is 316. The molecule has 0 saturated carbocycles. The third-order valence-electron chi connectivity index (χ3n) is 1.50. The first-order valence-electron chi connectivity index (χ1n) is 3.69. The van der Waals surface area contributed by atoms with Crippen molar-refractivity contribution in [3.63, 3.8) is 0 Å². The third kappa shape index (κ3) is 1.59. The van der Waals surface area contributed by atoms with Crippen molar-refractivity contribution in [3.05, 3.63) is 36.2 Å². The number of benzene rings is 1. The zero-order chi connectivity index (χ0) is 8.97. The summed E-state index contributed by atoms with van der Waals surface area (Å²) in [5, 5.41) is 0. The van der Waals surface area contributed by atoms with Crippen LogP contribution >= 0.6 is 0 Å². The molecule has 0 unspecified atom stereocenters. The number of aliphatic imine (C=N–C) groups is 1. The fourth-order valence-electron chi connectivity index (χ4n) is 0.979. The smallest absolute Gasteiger partial charge is 0.132 e. The second kappa shape index (κ2) is 3.81. The summed E-state index contributed by atoms with van der Waals surface area (Å²) in [6.45, 7) is 5.31. The van der Waals surface area contributed by atoms with Gasteiger partial charge in [0.25, 0.3) is 0 Å². The number of rotatable bonds is 2. The van der Waals surface area contributed by atoms with E-state index in [1.807, 2.05) is 0 Å². The first-order valence-corrected chi connectivity index (χ1v) is 3.69. The van der Waals surface area contributed by atoms with E-state index in [-0.39, 0.29) is 5.82 Å². The van der Waals surface area contributed by atoms with Crippen molar-refractivity contribution >= 4 is 18.0 Å². The number of hydrogen-bond donors (Lipinski definition) is 0. The minimum absolute atomic E-state index is 0.284. The third-order valence-corrected chi connectivity index (χ3v) is 1.50. The summed E-state index contributed by atoms with van der Waals surface area (Å²) < 4.78 is 13.0. The average Bonchev–Trinajstić information content (AvgIpc) is 2.05. The van der Waals surface area contributed by atoms with Crippen LogP contribution < -0.4 is 0 Å². The molecule has 1 aromatic rings. The van der Waals surface area contributed by atoms with Crippen LogP contribution in [0.15, 0.2) is 29.8 Å². The van der Waals surface area contributed by atoms with Gasteiger partial charge in [-0.3, -0.25) is 4.99 Å². The molecule has 0 aliphatic heterocycles. The topological polar surface area (TPSA) is 12.4 Å². The Labute approximate surface area is 71.3 Å². The molecule has 2 heteroatoms. The van der Waals surface area contributed by atoms with Crippen molar-refractivity contribution in [1.29, 1.82) is 0 Å². The van der Waals surface area contributed by atoms with Gasteiger partial charge in [-0.2, -0.15) is 0 Å². The predicted molar refractivity (Wildman–Crippen MR) is 50.3 cm³/mol. The number of halogens is 1. The Kier molecular flexibility index (Phi) is 2.75. The van der Waals surface area contributed by atoms with Crippen molar-refractivity contribution in [2.24, 2.45) is 4.99 Å². The summed E-state index contributed by atoms with van der Waals surface area (Å²) >= 11 is 0. The molecule has 0 aromatic heterocycles. The van der Waals surface area contributed by atoms with E-state index in [2.05, 4.69) is 11.6 Å². The van der Waals surface area contributed by atoms with Crippen molar-refractivity contribution in [1.82, 2.24) is 0 Å². The van der Waals surface area contributed by atoms with Crippen LogP contribution in [0.3, 0.4) is 0 Å². The summed E-state index contributed by atoms with van der Waals surface area (Å²) in [4.78, 5) is 4.00. The van der Waals surface area contributed by atoms with Crippen LogP contribution in [0.1, 0.15) is 12.5 Å². The minimum atomic E-state index is -0.284. The maximum atomic E-state index is 13.0. The first-order chi connectivity index (χ1) is 5.79. The molecule has 1 aromatic carbocycles. The Morgan fingerprint density at radius 1 is 1.50 bits per heavy atom. The van der Waals surface area contributed by atoms with Gasteiger partial charge >= 0.3 is 0 Å². The van der Waals surface area contributed by atoms with Gasteiger partial charge in [-0.05, 0) is 19.1 Å². The molecular formula is C10H10FN. The fourth-order valence-corrected chi connectivity index (χ4v) is 0.979. The molecule has 0 atom stereocenters. The summed E-state index contributed by atoms with van der Waals surface area (Å²) in [5.74, 6) is -0.284. The van der Waals surface area contributed by atoms with Crippen LogP contribution in [0.2, 0.25) is 0 Å². The molecule has 0 radical (unpaired) electrons. The standard InChI is InChI=1S/C10H10FN/c1-3-8-9(11)6-5-7-10(8)12-4-2/h3-7H,1H2,2H3/b12-4-. The molecule has 12 heavy (non-hydrogen) atoms. The van der Waals surface area contributed by atoms with Gasteiger partial charge < -0.3 is 0 Å². The van der Waals surface area contributed by atoms with E-state index in [1.165, 1.54) is 12.1 Å². The van der Waals surface area contributed by atoms with Gasteiger partial charge in [-0.15, -0.1) is 0 Å². The zero-order valence-corrected chi connectivity index (χ0v) is 6.92. The van der Waals surface area contributed by atoms with Gasteiger partial charge in [0.15, 0.2) is 0 Å². The molecule has 0 aliphatic rings. The van der Waals surface area contributed by atoms with Crippen LogP contribution in [-0.4, -0.2) is 6.21 Å². The van der Waals surface area contributed by atoms with Gasteiger partial charge in [0.05, 0.1) is 5.69 Å². The van der Waals surface area contributed by atoms with E-state index in [4.69, 9.17) is 0 Å². The van der Waals surface area contributed by atoms with Crippen LogP contribution in [0.25, 0.3) is 6.08 Å². The van der Waals surface area contributed by atoms with Crippen molar-refractivity contribution in [2.75, 3.05) is 0 Å². The molecule has 62 valence electrons. The first kappa shape index (κ1) is 8.65. The van der Waals surface area contributed by atoms with Crippen LogP contribution in [0, 0.1) is 5.82 Å². The molecule has 0 heterocycles. The summed E-state index contributed by atoms with van der Waals surface area (Å²) in [6, 6.07) is 4.77. The Morgan fingerprint density at radius 3 is 2.83 bits per heavy atom. The highest BCUT2D eigenvalue weighted by Crippen LogP contribution is 2.22. The van der Waals surface area contributed by atoms with Crippen molar-refractivity contribution < 1.29 is 4.39 Å². The van der Waals surface area contributed by atoms with Crippen molar-refractivity contribution in [3.8, 4) is 0 Å². The lowest BCUT2D eigenvalue weighted by Gasteiger charge is -1.99. The van der Waals surface area contributed by atoms with Crippen LogP contribution in [0.4, 0.5) is 10.1 Å². The average molecular weight is 163 g/mol. The highest BCUT2D eigenvalue weighted by molar-refractivity contribution is 5.69. The predicted octanol–water partition coefficient (Wildman–Crippen LogP) is 3.19. The second-order valence-electron chi connectivity index (χ2n) is 2.26. The van der Waals surface area contributed by atoms with Crippen molar-refractivity contribution in [2.45, 2.75) is 6.92 Å². The minimum Gasteiger partial charge on any atom is -0.261 e. The molecule has 1 rings (SSSR count). The lowest BCUT2D eigenvalue weighted by Crippen LogP contribution is -1.81. The molecule has 0 fully saturated rings. The summed E-state index contributed by atoms with van der Waals surface area (Å²) in [7, 11) is 0. The van der Waals surface area contributed by atoms with Gasteiger partial charge in [0, 0.05) is 11.8 Å². The lowest BCUT2D eigenvalue weighted by molar-refractivity contribution is 0.625. The Morgan fingerprint density at radius 2 is 2.25 bits per heavy atom. The molecular weight excluding hydrogens is 153 g/mol. The molecule has 0 bridgehead atoms. The highest BCUT2D eigenvalue weighted by atomic mass is 19.1. The van der Waals surface area contributed by atoms with Gasteiger partial charge in [-0.1, -0.05) is 18.7 Å². The van der Waals surface area contributed by atoms with E-state index >= 15 is 0 Å². The highest BCUT2D eigenvalue weighted by Gasteiger charge is 2.01. The van der Waals surface area contributed by atoms with Gasteiger partial charge in [-0.25, -0.2) is 4.39 Å². The molecule has 0 N–H and O–H groups in total.